The molecule has 154 valence electrons. The first-order valence-electron chi connectivity index (χ1n) is 8.74. The van der Waals surface area contributed by atoms with Gasteiger partial charge in [0.1, 0.15) is 5.69 Å². The first-order valence-corrected chi connectivity index (χ1v) is 9.91. The summed E-state index contributed by atoms with van der Waals surface area (Å²) in [4.78, 5) is 3.79. The number of hydrogen-bond acceptors (Lipinski definition) is 4. The summed E-state index contributed by atoms with van der Waals surface area (Å²) >= 11 is 0. The van der Waals surface area contributed by atoms with Gasteiger partial charge in [-0.3, -0.25) is 0 Å². The number of rotatable bonds is 6. The summed E-state index contributed by atoms with van der Waals surface area (Å²) in [5, 5.41) is 7.44. The third kappa shape index (κ3) is 3.57. The molecule has 2 aromatic rings. The molecule has 0 aromatic carbocycles. The molecule has 2 heterocycles. The van der Waals surface area contributed by atoms with E-state index in [0.717, 1.165) is 10.7 Å². The molecule has 11 heteroatoms. The molecule has 0 amide bonds. The number of nitrogens with zero attached hydrogens (tertiary/aromatic N) is 5. The molecule has 3 rings (SSSR count). The van der Waals surface area contributed by atoms with E-state index in [2.05, 4.69) is 15.3 Å². The highest BCUT2D eigenvalue weighted by atomic mass is 32.2. The molecule has 0 spiro atoms. The summed E-state index contributed by atoms with van der Waals surface area (Å²) in [6.07, 6.45) is -3.32. The smallest absolute Gasteiger partial charge is 0.242 e. The summed E-state index contributed by atoms with van der Waals surface area (Å²) in [6.45, 7) is 5.11. The quantitative estimate of drug-likeness (QED) is 0.533. The van der Waals surface area contributed by atoms with E-state index in [0.29, 0.717) is 11.3 Å². The lowest BCUT2D eigenvalue weighted by Crippen LogP contribution is -2.35. The van der Waals surface area contributed by atoms with Gasteiger partial charge in [-0.05, 0) is 45.2 Å². The van der Waals surface area contributed by atoms with Crippen LogP contribution in [0.1, 0.15) is 49.7 Å². The van der Waals surface area contributed by atoms with E-state index in [1.165, 1.54) is 16.6 Å². The molecule has 2 atom stereocenters. The zero-order valence-corrected chi connectivity index (χ0v) is 16.7. The van der Waals surface area contributed by atoms with E-state index < -0.39 is 34.7 Å². The predicted molar refractivity (Wildman–Crippen MR) is 95.1 cm³/mol. The summed E-state index contributed by atoms with van der Waals surface area (Å²) in [5.74, 6) is -0.676. The van der Waals surface area contributed by atoms with Crippen LogP contribution in [-0.4, -0.2) is 47.0 Å². The van der Waals surface area contributed by atoms with E-state index in [1.54, 1.807) is 27.8 Å². The van der Waals surface area contributed by atoms with Gasteiger partial charge in [-0.15, -0.1) is 5.10 Å². The zero-order chi connectivity index (χ0) is 20.9. The summed E-state index contributed by atoms with van der Waals surface area (Å²) in [7, 11) is 0.121. The molecule has 1 fully saturated rings. The maximum atomic E-state index is 13.5. The fourth-order valence-electron chi connectivity index (χ4n) is 3.18. The standard InChI is InChI=1S/C17H21F4N5OS/c1-10(2)28(27)25(4)15(12-5-6-14(18)22-11(12)3)13-9-26(24-23-13)16(7-8-16)17(19,20)21/h5-6,9-10,15H,7-8H2,1-4H3/t15-,28?/m0/s1. The van der Waals surface area contributed by atoms with Crippen molar-refractivity contribution in [3.63, 3.8) is 0 Å². The summed E-state index contributed by atoms with van der Waals surface area (Å²) in [5.41, 5.74) is -0.997. The Morgan fingerprint density at radius 3 is 2.43 bits per heavy atom. The molecule has 1 unspecified atom stereocenters. The number of alkyl halides is 3. The minimum atomic E-state index is -4.44. The number of hydrogen-bond donors (Lipinski definition) is 0. The highest BCUT2D eigenvalue weighted by Gasteiger charge is 2.66. The molecule has 0 N–H and O–H groups in total. The number of aromatic nitrogens is 4. The molecule has 0 aliphatic heterocycles. The van der Waals surface area contributed by atoms with Gasteiger partial charge >= 0.3 is 6.18 Å². The minimum absolute atomic E-state index is 0.0607. The lowest BCUT2D eigenvalue weighted by Gasteiger charge is -2.28. The first-order chi connectivity index (χ1) is 13.0. The van der Waals surface area contributed by atoms with Gasteiger partial charge in [0, 0.05) is 18.0 Å². The van der Waals surface area contributed by atoms with Gasteiger partial charge in [-0.25, -0.2) is 18.2 Å². The molecule has 28 heavy (non-hydrogen) atoms. The Kier molecular flexibility index (Phi) is 5.34. The molecule has 1 saturated carbocycles. The lowest BCUT2D eigenvalue weighted by atomic mass is 10.0. The van der Waals surface area contributed by atoms with Crippen LogP contribution in [0.2, 0.25) is 0 Å². The highest BCUT2D eigenvalue weighted by molar-refractivity contribution is 7.83. The fraction of sp³-hybridized carbons (Fsp3) is 0.588. The molecule has 0 radical (unpaired) electrons. The van der Waals surface area contributed by atoms with E-state index in [-0.39, 0.29) is 23.8 Å². The first kappa shape index (κ1) is 20.8. The molecule has 0 saturated heterocycles. The van der Waals surface area contributed by atoms with E-state index in [4.69, 9.17) is 0 Å². The van der Waals surface area contributed by atoms with Crippen molar-refractivity contribution >= 4 is 11.0 Å². The Morgan fingerprint density at radius 1 is 1.29 bits per heavy atom. The molecule has 1 aliphatic rings. The second-order valence-electron chi connectivity index (χ2n) is 7.20. The Balaban J connectivity index is 2.07. The van der Waals surface area contributed by atoms with Gasteiger partial charge in [0.15, 0.2) is 5.54 Å². The molecule has 6 nitrogen and oxygen atoms in total. The van der Waals surface area contributed by atoms with Crippen molar-refractivity contribution in [2.45, 2.75) is 56.6 Å². The third-order valence-corrected chi connectivity index (χ3v) is 6.50. The number of halogens is 4. The Labute approximate surface area is 162 Å². The van der Waals surface area contributed by atoms with Crippen molar-refractivity contribution in [1.29, 1.82) is 0 Å². The van der Waals surface area contributed by atoms with Crippen LogP contribution in [0.15, 0.2) is 18.3 Å². The van der Waals surface area contributed by atoms with E-state index >= 15 is 0 Å². The average Bonchev–Trinajstić information content (AvgIpc) is 3.29. The predicted octanol–water partition coefficient (Wildman–Crippen LogP) is 3.27. The number of aryl methyl sites for hydroxylation is 1. The van der Waals surface area contributed by atoms with Crippen molar-refractivity contribution in [2.24, 2.45) is 0 Å². The third-order valence-electron chi connectivity index (χ3n) is 4.92. The number of pyridine rings is 1. The van der Waals surface area contributed by atoms with Gasteiger partial charge in [-0.2, -0.15) is 17.6 Å². The monoisotopic (exact) mass is 419 g/mol. The molecule has 0 bridgehead atoms. The van der Waals surface area contributed by atoms with E-state index in [1.807, 2.05) is 0 Å². The lowest BCUT2D eigenvalue weighted by molar-refractivity contribution is -0.182. The van der Waals surface area contributed by atoms with Crippen LogP contribution in [0.4, 0.5) is 17.6 Å². The van der Waals surface area contributed by atoms with Crippen molar-refractivity contribution in [3.05, 3.63) is 41.2 Å². The van der Waals surface area contributed by atoms with Gasteiger partial charge in [0.25, 0.3) is 0 Å². The maximum Gasteiger partial charge on any atom is 0.413 e. The van der Waals surface area contributed by atoms with Crippen LogP contribution in [0.5, 0.6) is 0 Å². The molecule has 2 aromatic heterocycles. The topological polar surface area (TPSA) is 63.9 Å². The molecular formula is C17H21F4N5OS. The van der Waals surface area contributed by atoms with Gasteiger partial charge < -0.3 is 0 Å². The largest absolute Gasteiger partial charge is 0.413 e. The molecule has 1 aliphatic carbocycles. The van der Waals surface area contributed by atoms with Crippen molar-refractivity contribution in [3.8, 4) is 0 Å². The average molecular weight is 419 g/mol. The van der Waals surface area contributed by atoms with E-state index in [9.17, 15) is 21.8 Å². The van der Waals surface area contributed by atoms with Crippen molar-refractivity contribution in [2.75, 3.05) is 7.05 Å². The zero-order valence-electron chi connectivity index (χ0n) is 15.9. The highest BCUT2D eigenvalue weighted by Crippen LogP contribution is 2.55. The summed E-state index contributed by atoms with van der Waals surface area (Å²) < 4.78 is 68.7. The Bertz CT molecular complexity index is 894. The van der Waals surface area contributed by atoms with Gasteiger partial charge in [0.05, 0.1) is 23.2 Å². The van der Waals surface area contributed by atoms with Crippen LogP contribution in [-0.2, 0) is 16.5 Å². The SMILES string of the molecule is Cc1nc(F)ccc1[C@@H](c1cn(C2(C(F)(F)F)CC2)nn1)N(C)S(=O)C(C)C. The normalized spacial score (nSPS) is 18.5. The van der Waals surface area contributed by atoms with Crippen LogP contribution in [0.25, 0.3) is 0 Å². The van der Waals surface area contributed by atoms with Crippen LogP contribution < -0.4 is 0 Å². The maximum absolute atomic E-state index is 13.5. The van der Waals surface area contributed by atoms with Crippen molar-refractivity contribution in [1.82, 2.24) is 24.3 Å². The van der Waals surface area contributed by atoms with Crippen LogP contribution in [0, 0.1) is 12.9 Å². The second-order valence-corrected chi connectivity index (χ2v) is 9.27. The van der Waals surface area contributed by atoms with Crippen molar-refractivity contribution < 1.29 is 21.8 Å². The summed E-state index contributed by atoms with van der Waals surface area (Å²) in [6, 6.07) is 1.85. The van der Waals surface area contributed by atoms with Crippen LogP contribution in [0.3, 0.4) is 0 Å². The Morgan fingerprint density at radius 2 is 1.93 bits per heavy atom. The van der Waals surface area contributed by atoms with Crippen LogP contribution >= 0.6 is 0 Å². The van der Waals surface area contributed by atoms with Gasteiger partial charge in [-0.1, -0.05) is 11.3 Å². The fourth-order valence-corrected chi connectivity index (χ4v) is 4.27. The minimum Gasteiger partial charge on any atom is -0.242 e. The van der Waals surface area contributed by atoms with Gasteiger partial charge in [0.2, 0.25) is 5.95 Å². The Hall–Kier alpha value is -1.88. The molecular weight excluding hydrogens is 398 g/mol. The second kappa shape index (κ2) is 7.18.